The summed E-state index contributed by atoms with van der Waals surface area (Å²) in [7, 11) is 0. The quantitative estimate of drug-likeness (QED) is 0.375. The van der Waals surface area contributed by atoms with Crippen LogP contribution in [0.15, 0.2) is 41.4 Å². The molecule has 6 heteroatoms. The molecular formula is C13H16N2O4. The summed E-state index contributed by atoms with van der Waals surface area (Å²) in [6.07, 6.45) is 1.55. The van der Waals surface area contributed by atoms with E-state index in [1.807, 2.05) is 13.8 Å². The number of amidine groups is 1. The molecule has 6 nitrogen and oxygen atoms in total. The molecule has 3 N–H and O–H groups in total. The maximum absolute atomic E-state index is 8.55. The van der Waals surface area contributed by atoms with Gasteiger partial charge < -0.3 is 25.2 Å². The minimum absolute atomic E-state index is 0.0588. The molecule has 0 spiro atoms. The van der Waals surface area contributed by atoms with Gasteiger partial charge in [0.25, 0.3) is 0 Å². The Morgan fingerprint density at radius 3 is 2.58 bits per heavy atom. The van der Waals surface area contributed by atoms with Gasteiger partial charge in [0.05, 0.1) is 0 Å². The Labute approximate surface area is 111 Å². The first-order chi connectivity index (χ1) is 9.00. The number of hydrogen-bond donors (Lipinski definition) is 2. The molecule has 1 aromatic carbocycles. The Bertz CT molecular complexity index is 506. The lowest BCUT2D eigenvalue weighted by molar-refractivity contribution is -0.119. The summed E-state index contributed by atoms with van der Waals surface area (Å²) < 4.78 is 16.3. The molecule has 1 aliphatic heterocycles. The highest BCUT2D eigenvalue weighted by Crippen LogP contribution is 2.24. The molecule has 0 atom stereocenters. The fourth-order valence-corrected chi connectivity index (χ4v) is 1.57. The molecule has 0 amide bonds. The maximum atomic E-state index is 8.55. The minimum Gasteiger partial charge on any atom is -0.486 e. The number of hydrogen-bond acceptors (Lipinski definition) is 5. The lowest BCUT2D eigenvalue weighted by atomic mass is 10.2. The third-order valence-electron chi connectivity index (χ3n) is 2.49. The maximum Gasteiger partial charge on any atom is 0.244 e. The van der Waals surface area contributed by atoms with Crippen LogP contribution >= 0.6 is 0 Å². The monoisotopic (exact) mass is 264 g/mol. The van der Waals surface area contributed by atoms with Gasteiger partial charge in [0.1, 0.15) is 18.6 Å². The predicted molar refractivity (Wildman–Crippen MR) is 68.8 cm³/mol. The Kier molecular flexibility index (Phi) is 3.50. The van der Waals surface area contributed by atoms with E-state index in [4.69, 9.17) is 25.2 Å². The molecule has 0 radical (unpaired) electrons. The zero-order valence-electron chi connectivity index (χ0n) is 10.8. The van der Waals surface area contributed by atoms with Crippen LogP contribution in [0.25, 0.3) is 0 Å². The first-order valence-electron chi connectivity index (χ1n) is 5.77. The van der Waals surface area contributed by atoms with Gasteiger partial charge in [-0.2, -0.15) is 0 Å². The lowest BCUT2D eigenvalue weighted by Crippen LogP contribution is -2.21. The van der Waals surface area contributed by atoms with E-state index in [9.17, 15) is 0 Å². The van der Waals surface area contributed by atoms with Crippen molar-refractivity contribution in [1.29, 1.82) is 0 Å². The van der Waals surface area contributed by atoms with Gasteiger partial charge >= 0.3 is 0 Å². The van der Waals surface area contributed by atoms with E-state index in [2.05, 4.69) is 5.16 Å². The van der Waals surface area contributed by atoms with Crippen LogP contribution in [0.2, 0.25) is 0 Å². The molecule has 2 rings (SSSR count). The van der Waals surface area contributed by atoms with Crippen molar-refractivity contribution < 1.29 is 19.4 Å². The van der Waals surface area contributed by atoms with Gasteiger partial charge in [-0.25, -0.2) is 0 Å². The zero-order chi connectivity index (χ0) is 13.9. The molecule has 1 aliphatic rings. The smallest absolute Gasteiger partial charge is 0.244 e. The standard InChI is InChI=1S/C13H16N2O4/c1-13(2)18-8-11(19-13)7-17-10-5-3-9(4-6-10)12(14)15-16/h3-6,8,16H,7H2,1-2H3,(H2,14,15). The number of nitrogens with two attached hydrogens (primary N) is 1. The largest absolute Gasteiger partial charge is 0.486 e. The van der Waals surface area contributed by atoms with Crippen molar-refractivity contribution in [2.24, 2.45) is 10.9 Å². The van der Waals surface area contributed by atoms with Crippen molar-refractivity contribution in [3.63, 3.8) is 0 Å². The van der Waals surface area contributed by atoms with Crippen molar-refractivity contribution in [2.45, 2.75) is 19.6 Å². The molecule has 19 heavy (non-hydrogen) atoms. The molecule has 0 bridgehead atoms. The summed E-state index contributed by atoms with van der Waals surface area (Å²) in [5, 5.41) is 11.5. The molecule has 0 saturated carbocycles. The van der Waals surface area contributed by atoms with Gasteiger partial charge in [0.2, 0.25) is 5.79 Å². The van der Waals surface area contributed by atoms with Crippen LogP contribution in [0, 0.1) is 0 Å². The number of benzene rings is 1. The van der Waals surface area contributed by atoms with E-state index in [0.717, 1.165) is 0 Å². The van der Waals surface area contributed by atoms with Gasteiger partial charge in [0.15, 0.2) is 11.6 Å². The highest BCUT2D eigenvalue weighted by atomic mass is 16.7. The van der Waals surface area contributed by atoms with Crippen LogP contribution in [0.3, 0.4) is 0 Å². The molecule has 1 aromatic rings. The van der Waals surface area contributed by atoms with Crippen molar-refractivity contribution in [3.05, 3.63) is 41.9 Å². The first-order valence-corrected chi connectivity index (χ1v) is 5.77. The topological polar surface area (TPSA) is 86.3 Å². The van der Waals surface area contributed by atoms with Gasteiger partial charge in [0, 0.05) is 19.4 Å². The second-order valence-electron chi connectivity index (χ2n) is 4.50. The van der Waals surface area contributed by atoms with E-state index in [-0.39, 0.29) is 12.4 Å². The van der Waals surface area contributed by atoms with E-state index >= 15 is 0 Å². The number of rotatable bonds is 4. The summed E-state index contributed by atoms with van der Waals surface area (Å²) in [6.45, 7) is 3.93. The van der Waals surface area contributed by atoms with E-state index < -0.39 is 5.79 Å². The molecule has 1 heterocycles. The third-order valence-corrected chi connectivity index (χ3v) is 2.49. The summed E-state index contributed by atoms with van der Waals surface area (Å²) in [5.41, 5.74) is 6.08. The first kappa shape index (κ1) is 13.1. The molecule has 0 unspecified atom stereocenters. The zero-order valence-corrected chi connectivity index (χ0v) is 10.8. The summed E-state index contributed by atoms with van der Waals surface area (Å²) in [5.74, 6) is 0.715. The van der Waals surface area contributed by atoms with Crippen molar-refractivity contribution in [3.8, 4) is 5.75 Å². The Morgan fingerprint density at radius 1 is 1.37 bits per heavy atom. The van der Waals surface area contributed by atoms with Crippen LogP contribution in [0.4, 0.5) is 0 Å². The normalized spacial score (nSPS) is 17.4. The number of oxime groups is 1. The third kappa shape index (κ3) is 3.31. The van der Waals surface area contributed by atoms with Crippen molar-refractivity contribution in [2.75, 3.05) is 6.61 Å². The van der Waals surface area contributed by atoms with Crippen LogP contribution in [-0.4, -0.2) is 23.4 Å². The second-order valence-corrected chi connectivity index (χ2v) is 4.50. The SMILES string of the molecule is CC1(C)OC=C(COc2ccc(/C(N)=N/O)cc2)O1. The predicted octanol–water partition coefficient (Wildman–Crippen LogP) is 1.78. The molecular weight excluding hydrogens is 248 g/mol. The fourth-order valence-electron chi connectivity index (χ4n) is 1.57. The van der Waals surface area contributed by atoms with Crippen molar-refractivity contribution >= 4 is 5.84 Å². The van der Waals surface area contributed by atoms with Crippen LogP contribution in [0.1, 0.15) is 19.4 Å². The molecule has 0 saturated heterocycles. The van der Waals surface area contributed by atoms with Gasteiger partial charge in [-0.15, -0.1) is 0 Å². The van der Waals surface area contributed by atoms with Gasteiger partial charge in [-0.05, 0) is 24.3 Å². The number of nitrogens with zero attached hydrogens (tertiary/aromatic N) is 1. The average molecular weight is 264 g/mol. The molecule has 0 fully saturated rings. The van der Waals surface area contributed by atoms with Crippen LogP contribution < -0.4 is 10.5 Å². The summed E-state index contributed by atoms with van der Waals surface area (Å²) >= 11 is 0. The van der Waals surface area contributed by atoms with E-state index in [1.54, 1.807) is 30.5 Å². The van der Waals surface area contributed by atoms with Gasteiger partial charge in [-0.3, -0.25) is 0 Å². The summed E-state index contributed by atoms with van der Waals surface area (Å²) in [4.78, 5) is 0. The molecule has 0 aromatic heterocycles. The Balaban J connectivity index is 1.91. The Hall–Kier alpha value is -2.37. The van der Waals surface area contributed by atoms with Crippen molar-refractivity contribution in [1.82, 2.24) is 0 Å². The van der Waals surface area contributed by atoms with Crippen LogP contribution in [-0.2, 0) is 9.47 Å². The summed E-state index contributed by atoms with van der Waals surface area (Å²) in [6, 6.07) is 6.87. The van der Waals surface area contributed by atoms with E-state index in [1.165, 1.54) is 0 Å². The number of ether oxygens (including phenoxy) is 3. The molecule has 102 valence electrons. The Morgan fingerprint density at radius 2 is 2.05 bits per heavy atom. The van der Waals surface area contributed by atoms with Gasteiger partial charge in [-0.1, -0.05) is 5.16 Å². The van der Waals surface area contributed by atoms with Crippen LogP contribution in [0.5, 0.6) is 5.75 Å². The average Bonchev–Trinajstić information content (AvgIpc) is 2.76. The minimum atomic E-state index is -0.630. The second kappa shape index (κ2) is 5.09. The lowest BCUT2D eigenvalue weighted by Gasteiger charge is -2.18. The molecule has 0 aliphatic carbocycles. The van der Waals surface area contributed by atoms with E-state index in [0.29, 0.717) is 17.1 Å². The highest BCUT2D eigenvalue weighted by Gasteiger charge is 2.27. The fraction of sp³-hybridized carbons (Fsp3) is 0.308. The highest BCUT2D eigenvalue weighted by molar-refractivity contribution is 5.97.